The van der Waals surface area contributed by atoms with Crippen LogP contribution < -0.4 is 0 Å². The van der Waals surface area contributed by atoms with E-state index in [1.54, 1.807) is 0 Å². The molecule has 0 saturated carbocycles. The quantitative estimate of drug-likeness (QED) is 0.320. The van der Waals surface area contributed by atoms with Gasteiger partial charge in [-0.2, -0.15) is 0 Å². The zero-order chi connectivity index (χ0) is 14.3. The molecule has 0 unspecified atom stereocenters. The molecule has 0 rings (SSSR count). The third-order valence-electron chi connectivity index (χ3n) is 0. The zero-order valence-corrected chi connectivity index (χ0v) is 11.3. The summed E-state index contributed by atoms with van der Waals surface area (Å²) in [6, 6.07) is 0. The van der Waals surface area contributed by atoms with E-state index < -0.39 is 20.3 Å². The molecule has 0 spiro atoms. The van der Waals surface area contributed by atoms with Crippen LogP contribution in [0, 0.1) is 61.3 Å². The maximum Gasteiger partial charge on any atom is 4.00 e. The standard InChI is InChI=1S/ClH.4NO3.W/c;4*2-1(3)4;/h1H;;;;;/q;4*-1;+4. The van der Waals surface area contributed by atoms with Crippen molar-refractivity contribution in [2.24, 2.45) is 0 Å². The van der Waals surface area contributed by atoms with E-state index in [1.165, 1.54) is 0 Å². The minimum atomic E-state index is -1.75. The molecule has 0 atom stereocenters. The van der Waals surface area contributed by atoms with E-state index in [0.717, 1.165) is 0 Å². The van der Waals surface area contributed by atoms with Crippen molar-refractivity contribution < 1.29 is 41.4 Å². The smallest absolute Gasteiger partial charge is 0.356 e. The molecule has 0 bridgehead atoms. The minimum Gasteiger partial charge on any atom is -0.356 e. The molecule has 18 heteroatoms. The number of halogens is 1. The van der Waals surface area contributed by atoms with E-state index in [2.05, 4.69) is 0 Å². The third-order valence-corrected chi connectivity index (χ3v) is 0. The Morgan fingerprint density at radius 1 is 0.444 bits per heavy atom. The molecule has 0 amide bonds. The summed E-state index contributed by atoms with van der Waals surface area (Å²) in [6.07, 6.45) is 0. The number of rotatable bonds is 0. The molecule has 0 radical (unpaired) electrons. The maximum atomic E-state index is 8.25. The van der Waals surface area contributed by atoms with Crippen molar-refractivity contribution >= 4 is 12.4 Å². The Bertz CT molecular complexity index is 164. The van der Waals surface area contributed by atoms with E-state index in [4.69, 9.17) is 61.3 Å². The molecule has 0 aliphatic carbocycles. The van der Waals surface area contributed by atoms with Gasteiger partial charge in [-0.15, -0.1) is 12.4 Å². The molecule has 0 heterocycles. The normalized spacial score (nSPS) is 5.33. The number of hydrogen-bond donors (Lipinski definition) is 0. The topological polar surface area (TPSA) is 265 Å². The molecular formula is HClN4O12W. The van der Waals surface area contributed by atoms with E-state index in [9.17, 15) is 0 Å². The van der Waals surface area contributed by atoms with Crippen LogP contribution in [-0.2, 0) is 21.1 Å². The van der Waals surface area contributed by atoms with Gasteiger partial charge in [0.2, 0.25) is 0 Å². The molecule has 0 saturated heterocycles. The van der Waals surface area contributed by atoms with Crippen molar-refractivity contribution in [3.8, 4) is 0 Å². The van der Waals surface area contributed by atoms with Crippen LogP contribution in [0.2, 0.25) is 0 Å². The first-order chi connectivity index (χ1) is 6.93. The van der Waals surface area contributed by atoms with Crippen molar-refractivity contribution in [2.75, 3.05) is 0 Å². The monoisotopic (exact) mass is 468 g/mol. The van der Waals surface area contributed by atoms with Crippen molar-refractivity contribution in [3.05, 3.63) is 61.3 Å². The zero-order valence-electron chi connectivity index (χ0n) is 7.50. The summed E-state index contributed by atoms with van der Waals surface area (Å²) < 4.78 is 0. The maximum absolute atomic E-state index is 8.25. The van der Waals surface area contributed by atoms with Crippen LogP contribution in [0.25, 0.3) is 0 Å². The van der Waals surface area contributed by atoms with Crippen molar-refractivity contribution in [1.29, 1.82) is 0 Å². The second kappa shape index (κ2) is 29.3. The number of hydrogen-bond acceptors (Lipinski definition) is 12. The van der Waals surface area contributed by atoms with Crippen molar-refractivity contribution in [1.82, 2.24) is 0 Å². The molecule has 18 heavy (non-hydrogen) atoms. The second-order valence-electron chi connectivity index (χ2n) is 0.894. The average Bonchev–Trinajstić information content (AvgIpc) is 1.76. The van der Waals surface area contributed by atoms with Gasteiger partial charge in [-0.3, -0.25) is 0 Å². The second-order valence-corrected chi connectivity index (χ2v) is 0.894. The van der Waals surface area contributed by atoms with Gasteiger partial charge in [0.15, 0.2) is 0 Å². The van der Waals surface area contributed by atoms with E-state index in [1.807, 2.05) is 0 Å². The molecule has 0 aromatic rings. The third kappa shape index (κ3) is 456. The Labute approximate surface area is 116 Å². The van der Waals surface area contributed by atoms with Gasteiger partial charge in [0, 0.05) is 0 Å². The van der Waals surface area contributed by atoms with Gasteiger partial charge in [0.25, 0.3) is 0 Å². The van der Waals surface area contributed by atoms with Gasteiger partial charge in [-0.25, -0.2) is 0 Å². The van der Waals surface area contributed by atoms with Crippen LogP contribution in [-0.4, -0.2) is 20.3 Å². The Hall–Kier alpha value is -2.22. The van der Waals surface area contributed by atoms with Crippen LogP contribution in [0.4, 0.5) is 0 Å². The van der Waals surface area contributed by atoms with Gasteiger partial charge in [-0.05, 0) is 0 Å². The molecule has 0 aromatic carbocycles. The summed E-state index contributed by atoms with van der Waals surface area (Å²) in [4.78, 5) is 33.0. The van der Waals surface area contributed by atoms with Crippen LogP contribution in [0.5, 0.6) is 0 Å². The fourth-order valence-corrected chi connectivity index (χ4v) is 0. The first-order valence-corrected chi connectivity index (χ1v) is 2.19. The fourth-order valence-electron chi connectivity index (χ4n) is 0. The first-order valence-electron chi connectivity index (χ1n) is 2.19. The van der Waals surface area contributed by atoms with Gasteiger partial charge in [0.1, 0.15) is 0 Å². The molecular weight excluding hydrogens is 467 g/mol. The van der Waals surface area contributed by atoms with Crippen LogP contribution in [0.3, 0.4) is 0 Å². The van der Waals surface area contributed by atoms with Gasteiger partial charge in [0.05, 0.1) is 20.3 Å². The van der Waals surface area contributed by atoms with E-state index in [0.29, 0.717) is 0 Å². The first kappa shape index (κ1) is 36.0. The molecule has 16 nitrogen and oxygen atoms in total. The molecule has 0 aromatic heterocycles. The Kier molecular flexibility index (Phi) is 58.7. The summed E-state index contributed by atoms with van der Waals surface area (Å²) in [6.45, 7) is 0. The summed E-state index contributed by atoms with van der Waals surface area (Å²) in [5.41, 5.74) is 0. The SMILES string of the molecule is Cl.O=[N+]([O-])[O-].O=[N+]([O-])[O-].O=[N+]([O-])[O-].O=[N+]([O-])[O-].[W+4]. The summed E-state index contributed by atoms with van der Waals surface area (Å²) in [5, 5.41) is 59.0. The summed E-state index contributed by atoms with van der Waals surface area (Å²) in [7, 11) is 0. The van der Waals surface area contributed by atoms with Crippen LogP contribution in [0.15, 0.2) is 0 Å². The summed E-state index contributed by atoms with van der Waals surface area (Å²) in [5.74, 6) is 0. The Balaban J connectivity index is -0.0000000257. The fraction of sp³-hybridized carbons (Fsp3) is 0. The van der Waals surface area contributed by atoms with E-state index in [-0.39, 0.29) is 33.5 Å². The van der Waals surface area contributed by atoms with Gasteiger partial charge >= 0.3 is 21.1 Å². The Morgan fingerprint density at radius 2 is 0.444 bits per heavy atom. The van der Waals surface area contributed by atoms with E-state index >= 15 is 0 Å². The van der Waals surface area contributed by atoms with Crippen LogP contribution >= 0.6 is 12.4 Å². The Morgan fingerprint density at radius 3 is 0.444 bits per heavy atom. The molecule has 0 N–H and O–H groups in total. The molecule has 0 aliphatic heterocycles. The largest absolute Gasteiger partial charge is 4.00 e. The predicted octanol–water partition coefficient (Wildman–Crippen LogP) is -0.537. The molecule has 106 valence electrons. The summed E-state index contributed by atoms with van der Waals surface area (Å²) >= 11 is 0. The van der Waals surface area contributed by atoms with Crippen molar-refractivity contribution in [3.63, 3.8) is 0 Å². The molecule has 0 aliphatic rings. The van der Waals surface area contributed by atoms with Crippen molar-refractivity contribution in [2.45, 2.75) is 0 Å². The van der Waals surface area contributed by atoms with Gasteiger partial charge < -0.3 is 61.3 Å². The average molecular weight is 468 g/mol. The van der Waals surface area contributed by atoms with Crippen LogP contribution in [0.1, 0.15) is 0 Å². The minimum absolute atomic E-state index is 0. The molecule has 0 fully saturated rings. The number of nitrogens with zero attached hydrogens (tertiary/aromatic N) is 4. The van der Waals surface area contributed by atoms with Gasteiger partial charge in [-0.1, -0.05) is 0 Å². The predicted molar refractivity (Wildman–Crippen MR) is 48.7 cm³/mol.